The summed E-state index contributed by atoms with van der Waals surface area (Å²) in [4.78, 5) is 29.3. The number of hydrogen-bond acceptors (Lipinski definition) is 5. The average molecular weight is 279 g/mol. The molecule has 0 aliphatic heterocycles. The summed E-state index contributed by atoms with van der Waals surface area (Å²) in [6.07, 6.45) is 0.809. The lowest BCUT2D eigenvalue weighted by molar-refractivity contribution is -0.138. The molecular formula is C14H21N3O3. The zero-order chi connectivity index (χ0) is 15.3. The number of aryl methyl sites for hydroxylation is 2. The number of nitrogens with two attached hydrogens (primary N) is 1. The number of amides is 1. The van der Waals surface area contributed by atoms with Gasteiger partial charge in [-0.2, -0.15) is 0 Å². The van der Waals surface area contributed by atoms with Crippen molar-refractivity contribution in [2.24, 2.45) is 5.73 Å². The molecule has 0 atom stereocenters. The zero-order valence-electron chi connectivity index (χ0n) is 12.4. The van der Waals surface area contributed by atoms with Gasteiger partial charge in [-0.05, 0) is 31.9 Å². The normalized spacial score (nSPS) is 10.2. The van der Waals surface area contributed by atoms with Gasteiger partial charge in [0.15, 0.2) is 0 Å². The van der Waals surface area contributed by atoms with Crippen molar-refractivity contribution < 1.29 is 14.3 Å². The molecule has 1 amide bonds. The Bertz CT molecular complexity index is 515. The Labute approximate surface area is 118 Å². The number of nitrogens with zero attached hydrogens (tertiary/aromatic N) is 2. The van der Waals surface area contributed by atoms with Crippen molar-refractivity contribution in [2.75, 3.05) is 25.1 Å². The van der Waals surface area contributed by atoms with E-state index in [0.29, 0.717) is 17.9 Å². The monoisotopic (exact) mass is 279 g/mol. The molecule has 0 aliphatic rings. The number of pyridine rings is 1. The lowest BCUT2D eigenvalue weighted by atomic mass is 10.1. The molecule has 110 valence electrons. The molecule has 6 nitrogen and oxygen atoms in total. The van der Waals surface area contributed by atoms with E-state index in [9.17, 15) is 9.59 Å². The summed E-state index contributed by atoms with van der Waals surface area (Å²) in [6.45, 7) is 6.26. The number of esters is 1. The van der Waals surface area contributed by atoms with E-state index < -0.39 is 5.91 Å². The molecule has 0 aliphatic carbocycles. The van der Waals surface area contributed by atoms with Gasteiger partial charge in [0.2, 0.25) is 0 Å². The summed E-state index contributed by atoms with van der Waals surface area (Å²) < 4.78 is 4.68. The number of ether oxygens (including phenoxy) is 1. The SMILES string of the molecule is CCCN(CC(=O)OC)c1nc(C)cc(C)c1C(N)=O. The smallest absolute Gasteiger partial charge is 0.325 e. The maximum atomic E-state index is 11.7. The average Bonchev–Trinajstić information content (AvgIpc) is 2.36. The van der Waals surface area contributed by atoms with Gasteiger partial charge in [-0.3, -0.25) is 9.59 Å². The molecule has 1 heterocycles. The summed E-state index contributed by atoms with van der Waals surface area (Å²) >= 11 is 0. The number of carbonyl (C=O) groups excluding carboxylic acids is 2. The maximum Gasteiger partial charge on any atom is 0.325 e. The van der Waals surface area contributed by atoms with Crippen molar-refractivity contribution in [3.8, 4) is 0 Å². The summed E-state index contributed by atoms with van der Waals surface area (Å²) in [5.74, 6) is -0.479. The van der Waals surface area contributed by atoms with E-state index in [2.05, 4.69) is 9.72 Å². The number of rotatable bonds is 6. The van der Waals surface area contributed by atoms with Crippen molar-refractivity contribution in [3.05, 3.63) is 22.9 Å². The highest BCUT2D eigenvalue weighted by atomic mass is 16.5. The molecule has 20 heavy (non-hydrogen) atoms. The zero-order valence-corrected chi connectivity index (χ0v) is 12.4. The molecule has 0 radical (unpaired) electrons. The molecule has 0 saturated heterocycles. The predicted octanol–water partition coefficient (Wildman–Crippen LogP) is 1.19. The van der Waals surface area contributed by atoms with Gasteiger partial charge >= 0.3 is 5.97 Å². The van der Waals surface area contributed by atoms with Crippen LogP contribution >= 0.6 is 0 Å². The summed E-state index contributed by atoms with van der Waals surface area (Å²) in [5, 5.41) is 0. The second kappa shape index (κ2) is 6.88. The molecule has 0 unspecified atom stereocenters. The Hall–Kier alpha value is -2.11. The molecule has 0 bridgehead atoms. The Balaban J connectivity index is 3.30. The largest absolute Gasteiger partial charge is 0.468 e. The van der Waals surface area contributed by atoms with Crippen molar-refractivity contribution in [2.45, 2.75) is 27.2 Å². The van der Waals surface area contributed by atoms with Crippen LogP contribution < -0.4 is 10.6 Å². The lowest BCUT2D eigenvalue weighted by Gasteiger charge is -2.24. The van der Waals surface area contributed by atoms with E-state index in [1.807, 2.05) is 13.8 Å². The van der Waals surface area contributed by atoms with Gasteiger partial charge in [-0.25, -0.2) is 4.98 Å². The predicted molar refractivity (Wildman–Crippen MR) is 76.7 cm³/mol. The Morgan fingerprint density at radius 3 is 2.55 bits per heavy atom. The third-order valence-corrected chi connectivity index (χ3v) is 2.91. The number of methoxy groups -OCH3 is 1. The van der Waals surface area contributed by atoms with E-state index in [4.69, 9.17) is 5.73 Å². The van der Waals surface area contributed by atoms with Crippen LogP contribution in [0.3, 0.4) is 0 Å². The number of anilines is 1. The standard InChI is InChI=1S/C14H21N3O3/c1-5-6-17(8-11(18)20-4)14-12(13(15)19)9(2)7-10(3)16-14/h7H,5-6,8H2,1-4H3,(H2,15,19). The molecule has 0 fully saturated rings. The molecule has 1 aromatic rings. The third kappa shape index (κ3) is 3.69. The van der Waals surface area contributed by atoms with Crippen LogP contribution in [-0.2, 0) is 9.53 Å². The molecule has 0 spiro atoms. The number of hydrogen-bond donors (Lipinski definition) is 1. The first kappa shape index (κ1) is 15.9. The summed E-state index contributed by atoms with van der Waals surface area (Å²) in [5.41, 5.74) is 7.32. The van der Waals surface area contributed by atoms with E-state index in [-0.39, 0.29) is 12.5 Å². The van der Waals surface area contributed by atoms with Gasteiger partial charge in [0.1, 0.15) is 12.4 Å². The maximum absolute atomic E-state index is 11.7. The Morgan fingerprint density at radius 1 is 1.40 bits per heavy atom. The van der Waals surface area contributed by atoms with Gasteiger partial charge in [0, 0.05) is 12.2 Å². The minimum Gasteiger partial charge on any atom is -0.468 e. The van der Waals surface area contributed by atoms with Crippen LogP contribution in [0.1, 0.15) is 35.0 Å². The molecule has 0 aromatic carbocycles. The second-order valence-electron chi connectivity index (χ2n) is 4.64. The van der Waals surface area contributed by atoms with E-state index in [1.54, 1.807) is 17.9 Å². The first-order valence-corrected chi connectivity index (χ1v) is 6.50. The van der Waals surface area contributed by atoms with Crippen LogP contribution in [0.4, 0.5) is 5.82 Å². The second-order valence-corrected chi connectivity index (χ2v) is 4.64. The van der Waals surface area contributed by atoms with Gasteiger partial charge in [0.05, 0.1) is 12.7 Å². The molecule has 0 saturated carbocycles. The van der Waals surface area contributed by atoms with Gasteiger partial charge < -0.3 is 15.4 Å². The van der Waals surface area contributed by atoms with Crippen LogP contribution in [0, 0.1) is 13.8 Å². The van der Waals surface area contributed by atoms with Gasteiger partial charge in [0.25, 0.3) is 5.91 Å². The van der Waals surface area contributed by atoms with Crippen molar-refractivity contribution in [1.82, 2.24) is 4.98 Å². The van der Waals surface area contributed by atoms with E-state index >= 15 is 0 Å². The molecular weight excluding hydrogens is 258 g/mol. The van der Waals surface area contributed by atoms with Crippen molar-refractivity contribution in [1.29, 1.82) is 0 Å². The lowest BCUT2D eigenvalue weighted by Crippen LogP contribution is -2.34. The fraction of sp³-hybridized carbons (Fsp3) is 0.500. The first-order valence-electron chi connectivity index (χ1n) is 6.50. The molecule has 2 N–H and O–H groups in total. The van der Waals surface area contributed by atoms with Crippen LogP contribution in [0.2, 0.25) is 0 Å². The Kier molecular flexibility index (Phi) is 5.49. The highest BCUT2D eigenvalue weighted by molar-refractivity contribution is 5.99. The molecule has 1 rings (SSSR count). The molecule has 1 aromatic heterocycles. The van der Waals surface area contributed by atoms with Crippen LogP contribution in [0.15, 0.2) is 6.07 Å². The minimum absolute atomic E-state index is 0.0422. The quantitative estimate of drug-likeness (QED) is 0.790. The Morgan fingerprint density at radius 2 is 2.05 bits per heavy atom. The van der Waals surface area contributed by atoms with Gasteiger partial charge in [-0.1, -0.05) is 6.92 Å². The fourth-order valence-corrected chi connectivity index (χ4v) is 2.10. The van der Waals surface area contributed by atoms with Crippen molar-refractivity contribution in [3.63, 3.8) is 0 Å². The molecule has 6 heteroatoms. The fourth-order valence-electron chi connectivity index (χ4n) is 2.10. The number of primary amides is 1. The highest BCUT2D eigenvalue weighted by Crippen LogP contribution is 2.22. The highest BCUT2D eigenvalue weighted by Gasteiger charge is 2.21. The first-order chi connectivity index (χ1) is 9.40. The van der Waals surface area contributed by atoms with Gasteiger partial charge in [-0.15, -0.1) is 0 Å². The third-order valence-electron chi connectivity index (χ3n) is 2.91. The van der Waals surface area contributed by atoms with E-state index in [1.165, 1.54) is 7.11 Å². The van der Waals surface area contributed by atoms with Crippen molar-refractivity contribution >= 4 is 17.7 Å². The van der Waals surface area contributed by atoms with Crippen LogP contribution in [0.25, 0.3) is 0 Å². The summed E-state index contributed by atoms with van der Waals surface area (Å²) in [6, 6.07) is 1.80. The minimum atomic E-state index is -0.545. The number of aromatic nitrogens is 1. The topological polar surface area (TPSA) is 85.5 Å². The number of carbonyl (C=O) groups is 2. The summed E-state index contributed by atoms with van der Waals surface area (Å²) in [7, 11) is 1.33. The van der Waals surface area contributed by atoms with Crippen LogP contribution in [0.5, 0.6) is 0 Å². The van der Waals surface area contributed by atoms with Crippen LogP contribution in [-0.4, -0.2) is 37.1 Å². The van der Waals surface area contributed by atoms with E-state index in [0.717, 1.165) is 17.7 Å².